The highest BCUT2D eigenvalue weighted by molar-refractivity contribution is 7.99. The topological polar surface area (TPSA) is 67.3 Å². The fourth-order valence-corrected chi connectivity index (χ4v) is 3.97. The number of morpholine rings is 1. The molecule has 2 saturated heterocycles. The van der Waals surface area contributed by atoms with Crippen molar-refractivity contribution in [2.45, 2.75) is 6.43 Å². The number of halogens is 2. The Labute approximate surface area is 160 Å². The summed E-state index contributed by atoms with van der Waals surface area (Å²) in [5, 5.41) is 0. The number of alkyl halides is 2. The van der Waals surface area contributed by atoms with Crippen LogP contribution in [0, 0.1) is 0 Å². The van der Waals surface area contributed by atoms with Crippen LogP contribution in [0.25, 0.3) is 11.4 Å². The number of pyridine rings is 1. The second-order valence-corrected chi connectivity index (χ2v) is 7.45. The highest BCUT2D eigenvalue weighted by Crippen LogP contribution is 2.30. The molecule has 0 atom stereocenters. The van der Waals surface area contributed by atoms with E-state index in [1.807, 2.05) is 16.7 Å². The third-order valence-electron chi connectivity index (χ3n) is 4.53. The molecule has 4 heterocycles. The maximum absolute atomic E-state index is 13.5. The lowest BCUT2D eigenvalue weighted by molar-refractivity contribution is 0.122. The molecular weight excluding hydrogens is 374 g/mol. The van der Waals surface area contributed by atoms with E-state index in [1.165, 1.54) is 18.5 Å². The van der Waals surface area contributed by atoms with Crippen LogP contribution in [0.4, 0.5) is 20.7 Å². The Hall–Kier alpha value is -2.07. The molecule has 7 nitrogen and oxygen atoms in total. The first-order valence-corrected chi connectivity index (χ1v) is 10.0. The van der Waals surface area contributed by atoms with E-state index in [9.17, 15) is 8.78 Å². The van der Waals surface area contributed by atoms with Crippen LogP contribution in [-0.4, -0.2) is 70.8 Å². The number of hydrogen-bond acceptors (Lipinski definition) is 8. The highest BCUT2D eigenvalue weighted by Gasteiger charge is 2.23. The van der Waals surface area contributed by atoms with Crippen molar-refractivity contribution in [2.75, 3.05) is 60.7 Å². The predicted molar refractivity (Wildman–Crippen MR) is 101 cm³/mol. The lowest BCUT2D eigenvalue weighted by atomic mass is 10.1. The van der Waals surface area contributed by atoms with Crippen LogP contribution in [0.3, 0.4) is 0 Å². The number of anilines is 2. The van der Waals surface area contributed by atoms with Crippen molar-refractivity contribution in [1.82, 2.24) is 19.9 Å². The first-order valence-electron chi connectivity index (χ1n) is 8.86. The SMILES string of the molecule is FC(F)c1ccncc1-c1nc(N2CCOCC2)nc(N2CCSCC2)n1. The average molecular weight is 394 g/mol. The molecule has 2 fully saturated rings. The molecule has 0 spiro atoms. The van der Waals surface area contributed by atoms with Crippen molar-refractivity contribution in [3.05, 3.63) is 24.0 Å². The highest BCUT2D eigenvalue weighted by atomic mass is 32.2. The largest absolute Gasteiger partial charge is 0.378 e. The maximum atomic E-state index is 13.5. The Bertz CT molecular complexity index is 748. The van der Waals surface area contributed by atoms with Crippen molar-refractivity contribution >= 4 is 23.7 Å². The normalized spacial score (nSPS) is 18.2. The number of thioether (sulfide) groups is 1. The Morgan fingerprint density at radius 2 is 1.63 bits per heavy atom. The third-order valence-corrected chi connectivity index (χ3v) is 5.47. The lowest BCUT2D eigenvalue weighted by Crippen LogP contribution is -2.39. The van der Waals surface area contributed by atoms with Gasteiger partial charge in [-0.25, -0.2) is 8.78 Å². The summed E-state index contributed by atoms with van der Waals surface area (Å²) in [5.41, 5.74) is 0.126. The number of hydrogen-bond donors (Lipinski definition) is 0. The zero-order valence-electron chi connectivity index (χ0n) is 14.7. The van der Waals surface area contributed by atoms with Crippen LogP contribution < -0.4 is 9.80 Å². The predicted octanol–water partition coefficient (Wildman–Crippen LogP) is 2.26. The van der Waals surface area contributed by atoms with Gasteiger partial charge in [0.05, 0.1) is 13.2 Å². The number of nitrogens with zero attached hydrogens (tertiary/aromatic N) is 6. The summed E-state index contributed by atoms with van der Waals surface area (Å²) < 4.78 is 32.4. The molecule has 2 aliphatic rings. The second kappa shape index (κ2) is 8.30. The number of aromatic nitrogens is 4. The molecule has 0 unspecified atom stereocenters. The molecule has 0 saturated carbocycles. The van der Waals surface area contributed by atoms with Gasteiger partial charge in [-0.15, -0.1) is 0 Å². The Balaban J connectivity index is 1.78. The van der Waals surface area contributed by atoms with Crippen molar-refractivity contribution in [1.29, 1.82) is 0 Å². The van der Waals surface area contributed by atoms with E-state index < -0.39 is 6.43 Å². The van der Waals surface area contributed by atoms with Crippen molar-refractivity contribution in [3.63, 3.8) is 0 Å². The van der Waals surface area contributed by atoms with Gasteiger partial charge in [0.25, 0.3) is 6.43 Å². The molecule has 10 heteroatoms. The van der Waals surface area contributed by atoms with Gasteiger partial charge in [0.15, 0.2) is 5.82 Å². The van der Waals surface area contributed by atoms with E-state index in [0.717, 1.165) is 24.6 Å². The zero-order chi connectivity index (χ0) is 18.6. The van der Waals surface area contributed by atoms with E-state index in [1.54, 1.807) is 0 Å². The van der Waals surface area contributed by atoms with Gasteiger partial charge in [0.1, 0.15) is 0 Å². The van der Waals surface area contributed by atoms with Gasteiger partial charge in [-0.2, -0.15) is 26.7 Å². The molecule has 0 bridgehead atoms. The molecular formula is C17H20F2N6OS. The molecule has 0 aliphatic carbocycles. The van der Waals surface area contributed by atoms with E-state index in [-0.39, 0.29) is 17.0 Å². The summed E-state index contributed by atoms with van der Waals surface area (Å²) in [4.78, 5) is 21.8. The van der Waals surface area contributed by atoms with Crippen LogP contribution >= 0.6 is 11.8 Å². The number of ether oxygens (including phenoxy) is 1. The van der Waals surface area contributed by atoms with Crippen molar-refractivity contribution in [2.24, 2.45) is 0 Å². The van der Waals surface area contributed by atoms with Gasteiger partial charge in [-0.3, -0.25) is 4.98 Å². The van der Waals surface area contributed by atoms with Gasteiger partial charge in [0.2, 0.25) is 11.9 Å². The summed E-state index contributed by atoms with van der Waals surface area (Å²) in [6.45, 7) is 4.15. The minimum Gasteiger partial charge on any atom is -0.378 e. The molecule has 0 amide bonds. The van der Waals surface area contributed by atoms with E-state index in [4.69, 9.17) is 4.74 Å². The van der Waals surface area contributed by atoms with E-state index in [2.05, 4.69) is 24.8 Å². The third kappa shape index (κ3) is 4.11. The molecule has 2 aromatic heterocycles. The maximum Gasteiger partial charge on any atom is 0.264 e. The molecule has 144 valence electrons. The van der Waals surface area contributed by atoms with Crippen LogP contribution in [0.15, 0.2) is 18.5 Å². The summed E-state index contributed by atoms with van der Waals surface area (Å²) in [6, 6.07) is 1.31. The molecule has 0 aromatic carbocycles. The Morgan fingerprint density at radius 1 is 0.963 bits per heavy atom. The monoisotopic (exact) mass is 394 g/mol. The summed E-state index contributed by atoms with van der Waals surface area (Å²) in [5.74, 6) is 3.25. The molecule has 0 N–H and O–H groups in total. The van der Waals surface area contributed by atoms with Crippen LogP contribution in [0.2, 0.25) is 0 Å². The molecule has 0 radical (unpaired) electrons. The molecule has 4 rings (SSSR count). The van der Waals surface area contributed by atoms with Crippen LogP contribution in [0.5, 0.6) is 0 Å². The van der Waals surface area contributed by atoms with E-state index in [0.29, 0.717) is 38.2 Å². The molecule has 27 heavy (non-hydrogen) atoms. The fourth-order valence-electron chi connectivity index (χ4n) is 3.07. The second-order valence-electron chi connectivity index (χ2n) is 6.22. The van der Waals surface area contributed by atoms with Gasteiger partial charge in [0, 0.05) is 61.2 Å². The quantitative estimate of drug-likeness (QED) is 0.782. The summed E-state index contributed by atoms with van der Waals surface area (Å²) in [6.07, 6.45) is 0.134. The van der Waals surface area contributed by atoms with Gasteiger partial charge in [-0.1, -0.05) is 0 Å². The smallest absolute Gasteiger partial charge is 0.264 e. The average Bonchev–Trinajstić information content (AvgIpc) is 2.74. The fraction of sp³-hybridized carbons (Fsp3) is 0.529. The summed E-state index contributed by atoms with van der Waals surface area (Å²) in [7, 11) is 0. The minimum absolute atomic E-state index is 0.121. The van der Waals surface area contributed by atoms with Crippen LogP contribution in [0.1, 0.15) is 12.0 Å². The van der Waals surface area contributed by atoms with Crippen LogP contribution in [-0.2, 0) is 4.74 Å². The zero-order valence-corrected chi connectivity index (χ0v) is 15.5. The Morgan fingerprint density at radius 3 is 2.30 bits per heavy atom. The standard InChI is InChI=1S/C17H20F2N6OS/c18-14(19)12-1-2-20-11-13(12)15-21-16(24-3-7-26-8-4-24)23-17(22-15)25-5-9-27-10-6-25/h1-2,11,14H,3-10H2. The Kier molecular flexibility index (Phi) is 5.63. The van der Waals surface area contributed by atoms with Gasteiger partial charge >= 0.3 is 0 Å². The molecule has 2 aliphatic heterocycles. The minimum atomic E-state index is -2.62. The molecule has 2 aromatic rings. The van der Waals surface area contributed by atoms with E-state index >= 15 is 0 Å². The van der Waals surface area contributed by atoms with Gasteiger partial charge < -0.3 is 14.5 Å². The van der Waals surface area contributed by atoms with Crippen molar-refractivity contribution < 1.29 is 13.5 Å². The van der Waals surface area contributed by atoms with Crippen molar-refractivity contribution in [3.8, 4) is 11.4 Å². The first kappa shape index (κ1) is 18.3. The first-order chi connectivity index (χ1) is 13.2. The summed E-state index contributed by atoms with van der Waals surface area (Å²) >= 11 is 1.88. The number of rotatable bonds is 4. The van der Waals surface area contributed by atoms with Gasteiger partial charge in [-0.05, 0) is 6.07 Å². The lowest BCUT2D eigenvalue weighted by Gasteiger charge is -2.30.